The maximum absolute atomic E-state index is 13.9. The van der Waals surface area contributed by atoms with E-state index in [4.69, 9.17) is 5.26 Å². The van der Waals surface area contributed by atoms with Crippen molar-refractivity contribution >= 4 is 5.91 Å². The van der Waals surface area contributed by atoms with Crippen LogP contribution in [0.3, 0.4) is 0 Å². The fraction of sp³-hybridized carbons (Fsp3) is 0.533. The second-order valence-corrected chi connectivity index (χ2v) is 6.18. The molecule has 2 aliphatic heterocycles. The number of alkyl halides is 2. The van der Waals surface area contributed by atoms with Crippen molar-refractivity contribution in [3.63, 3.8) is 0 Å². The molecule has 2 saturated heterocycles. The van der Waals surface area contributed by atoms with Crippen LogP contribution in [-0.2, 0) is 4.79 Å². The minimum absolute atomic E-state index is 0.0111. The first-order valence-corrected chi connectivity index (χ1v) is 7.09. The molecule has 22 heavy (non-hydrogen) atoms. The van der Waals surface area contributed by atoms with E-state index < -0.39 is 17.2 Å². The van der Waals surface area contributed by atoms with E-state index in [0.717, 1.165) is 6.92 Å². The highest BCUT2D eigenvalue weighted by Crippen LogP contribution is 2.48. The number of hydrogen-bond acceptors (Lipinski definition) is 4. The Hall–Kier alpha value is -2.07. The zero-order chi connectivity index (χ0) is 16.1. The molecule has 0 bridgehead atoms. The van der Waals surface area contributed by atoms with Crippen LogP contribution < -0.4 is 0 Å². The molecule has 0 N–H and O–H groups in total. The number of rotatable bonds is 2. The fourth-order valence-electron chi connectivity index (χ4n) is 3.14. The standard InChI is InChI=1S/C15H16F2N4O/c1-14(15(2,16)17)9-20-4-3-12(21(20)13(14)22)11-5-10(6-18)7-19-8-11/h5,7-8,12H,3-4,9H2,1-2H3/t12-,14-/m1/s1. The van der Waals surface area contributed by atoms with Crippen LogP contribution in [0, 0.1) is 16.7 Å². The van der Waals surface area contributed by atoms with Crippen LogP contribution in [0.25, 0.3) is 0 Å². The van der Waals surface area contributed by atoms with E-state index in [1.54, 1.807) is 17.3 Å². The molecule has 0 aromatic carbocycles. The maximum Gasteiger partial charge on any atom is 0.260 e. The van der Waals surface area contributed by atoms with Crippen LogP contribution in [0.5, 0.6) is 0 Å². The van der Waals surface area contributed by atoms with Crippen molar-refractivity contribution in [1.29, 1.82) is 5.26 Å². The molecule has 0 radical (unpaired) electrons. The predicted molar refractivity (Wildman–Crippen MR) is 73.5 cm³/mol. The Bertz CT molecular complexity index is 666. The maximum atomic E-state index is 13.9. The molecule has 0 aliphatic carbocycles. The van der Waals surface area contributed by atoms with Gasteiger partial charge in [-0.25, -0.2) is 13.8 Å². The van der Waals surface area contributed by atoms with E-state index in [0.29, 0.717) is 24.1 Å². The first kappa shape index (κ1) is 14.9. The Labute approximate surface area is 127 Å². The lowest BCUT2D eigenvalue weighted by molar-refractivity contribution is -0.156. The van der Waals surface area contributed by atoms with Gasteiger partial charge in [0.25, 0.3) is 11.8 Å². The molecule has 116 valence electrons. The van der Waals surface area contributed by atoms with Crippen LogP contribution in [-0.4, -0.2) is 39.9 Å². The van der Waals surface area contributed by atoms with Crippen LogP contribution >= 0.6 is 0 Å². The van der Waals surface area contributed by atoms with Crippen LogP contribution in [0.2, 0.25) is 0 Å². The number of carbonyl (C=O) groups excluding carboxylic acids is 1. The fourth-order valence-corrected chi connectivity index (χ4v) is 3.14. The highest BCUT2D eigenvalue weighted by Gasteiger charge is 2.62. The molecule has 3 heterocycles. The number of pyridine rings is 1. The number of hydrazine groups is 1. The Balaban J connectivity index is 1.95. The van der Waals surface area contributed by atoms with E-state index in [2.05, 4.69) is 4.98 Å². The Kier molecular flexibility index (Phi) is 3.18. The lowest BCUT2D eigenvalue weighted by Crippen LogP contribution is -2.45. The third kappa shape index (κ3) is 1.98. The molecule has 0 unspecified atom stereocenters. The van der Waals surface area contributed by atoms with Gasteiger partial charge in [0.2, 0.25) is 0 Å². The van der Waals surface area contributed by atoms with Crippen LogP contribution in [0.15, 0.2) is 18.5 Å². The summed E-state index contributed by atoms with van der Waals surface area (Å²) in [5.41, 5.74) is -0.615. The van der Waals surface area contributed by atoms with Gasteiger partial charge >= 0.3 is 0 Å². The summed E-state index contributed by atoms with van der Waals surface area (Å²) in [7, 11) is 0. The number of halogens is 2. The van der Waals surface area contributed by atoms with Crippen molar-refractivity contribution < 1.29 is 13.6 Å². The van der Waals surface area contributed by atoms with Crippen molar-refractivity contribution in [3.8, 4) is 6.07 Å². The summed E-state index contributed by atoms with van der Waals surface area (Å²) in [5, 5.41) is 12.1. The summed E-state index contributed by atoms with van der Waals surface area (Å²) >= 11 is 0. The molecule has 1 amide bonds. The molecule has 5 nitrogen and oxygen atoms in total. The molecule has 7 heteroatoms. The summed E-state index contributed by atoms with van der Waals surface area (Å²) in [4.78, 5) is 16.6. The molecule has 1 aromatic heterocycles. The Morgan fingerprint density at radius 2 is 2.23 bits per heavy atom. The van der Waals surface area contributed by atoms with Crippen LogP contribution in [0.4, 0.5) is 8.78 Å². The van der Waals surface area contributed by atoms with Crippen molar-refractivity contribution in [2.45, 2.75) is 32.2 Å². The summed E-state index contributed by atoms with van der Waals surface area (Å²) in [6.07, 6.45) is 3.67. The summed E-state index contributed by atoms with van der Waals surface area (Å²) in [6.45, 7) is 2.66. The Morgan fingerprint density at radius 3 is 2.86 bits per heavy atom. The minimum atomic E-state index is -3.09. The third-order valence-corrected chi connectivity index (χ3v) is 4.68. The van der Waals surface area contributed by atoms with E-state index >= 15 is 0 Å². The van der Waals surface area contributed by atoms with Gasteiger partial charge in [-0.05, 0) is 25.0 Å². The first-order valence-electron chi connectivity index (χ1n) is 7.09. The molecule has 0 spiro atoms. The third-order valence-electron chi connectivity index (χ3n) is 4.68. The number of amides is 1. The lowest BCUT2D eigenvalue weighted by atomic mass is 9.83. The summed E-state index contributed by atoms with van der Waals surface area (Å²) < 4.78 is 27.8. The highest BCUT2D eigenvalue weighted by molar-refractivity contribution is 5.86. The van der Waals surface area contributed by atoms with E-state index in [9.17, 15) is 13.6 Å². The molecule has 2 atom stereocenters. The average Bonchev–Trinajstić information content (AvgIpc) is 2.98. The first-order chi connectivity index (χ1) is 10.3. The lowest BCUT2D eigenvalue weighted by Gasteiger charge is -2.29. The van der Waals surface area contributed by atoms with E-state index in [1.165, 1.54) is 18.1 Å². The second kappa shape index (κ2) is 4.71. The largest absolute Gasteiger partial charge is 0.272 e. The summed E-state index contributed by atoms with van der Waals surface area (Å²) in [5.74, 6) is -3.66. The van der Waals surface area contributed by atoms with Crippen molar-refractivity contribution in [2.24, 2.45) is 5.41 Å². The SMILES string of the molecule is CC(F)(F)[C@]1(C)CN2CC[C@H](c3cncc(C#N)c3)N2C1=O. The highest BCUT2D eigenvalue weighted by atomic mass is 19.3. The molecule has 1 aromatic rings. The zero-order valence-electron chi connectivity index (χ0n) is 12.4. The monoisotopic (exact) mass is 306 g/mol. The van der Waals surface area contributed by atoms with Crippen molar-refractivity contribution in [3.05, 3.63) is 29.6 Å². The van der Waals surface area contributed by atoms with E-state index in [-0.39, 0.29) is 12.6 Å². The number of hydrogen-bond donors (Lipinski definition) is 0. The smallest absolute Gasteiger partial charge is 0.260 e. The second-order valence-electron chi connectivity index (χ2n) is 6.18. The average molecular weight is 306 g/mol. The molecule has 2 fully saturated rings. The van der Waals surface area contributed by atoms with E-state index in [1.807, 2.05) is 6.07 Å². The quantitative estimate of drug-likeness (QED) is 0.839. The minimum Gasteiger partial charge on any atom is -0.272 e. The molecule has 0 saturated carbocycles. The summed E-state index contributed by atoms with van der Waals surface area (Å²) in [6, 6.07) is 3.33. The Morgan fingerprint density at radius 1 is 1.50 bits per heavy atom. The topological polar surface area (TPSA) is 60.2 Å². The zero-order valence-corrected chi connectivity index (χ0v) is 12.4. The predicted octanol–water partition coefficient (Wildman–Crippen LogP) is 2.12. The number of aromatic nitrogens is 1. The van der Waals surface area contributed by atoms with Gasteiger partial charge in [-0.1, -0.05) is 0 Å². The molecular weight excluding hydrogens is 290 g/mol. The molecular formula is C15H16F2N4O. The number of fused-ring (bicyclic) bond motifs is 1. The van der Waals surface area contributed by atoms with Crippen LogP contribution in [0.1, 0.15) is 37.4 Å². The van der Waals surface area contributed by atoms with Gasteiger partial charge in [-0.2, -0.15) is 5.26 Å². The molecule has 3 rings (SSSR count). The number of nitrogens with zero attached hydrogens (tertiary/aromatic N) is 4. The van der Waals surface area contributed by atoms with Gasteiger partial charge in [0.1, 0.15) is 11.5 Å². The molecule has 2 aliphatic rings. The van der Waals surface area contributed by atoms with Gasteiger partial charge in [0.15, 0.2) is 0 Å². The van der Waals surface area contributed by atoms with Gasteiger partial charge in [-0.3, -0.25) is 14.8 Å². The van der Waals surface area contributed by atoms with Crippen molar-refractivity contribution in [2.75, 3.05) is 13.1 Å². The normalized spacial score (nSPS) is 28.8. The number of carbonyl (C=O) groups is 1. The van der Waals surface area contributed by atoms with Gasteiger partial charge in [0, 0.05) is 32.4 Å². The number of nitriles is 1. The van der Waals surface area contributed by atoms with Gasteiger partial charge in [-0.15, -0.1) is 0 Å². The van der Waals surface area contributed by atoms with Gasteiger partial charge < -0.3 is 0 Å². The van der Waals surface area contributed by atoms with Crippen molar-refractivity contribution in [1.82, 2.24) is 15.0 Å². The van der Waals surface area contributed by atoms with Gasteiger partial charge in [0.05, 0.1) is 11.6 Å².